The monoisotopic (exact) mass is 436 g/mol. The second kappa shape index (κ2) is 6.53. The molecule has 0 aromatic carbocycles. The molecule has 0 radical (unpaired) electrons. The van der Waals surface area contributed by atoms with Gasteiger partial charge in [-0.15, -0.1) is 0 Å². The van der Waals surface area contributed by atoms with Crippen molar-refractivity contribution in [3.8, 4) is 0 Å². The molecule has 6 nitrogen and oxygen atoms in total. The van der Waals surface area contributed by atoms with Crippen LogP contribution in [-0.2, 0) is 0 Å². The van der Waals surface area contributed by atoms with Crippen molar-refractivity contribution in [1.29, 1.82) is 0 Å². The summed E-state index contributed by atoms with van der Waals surface area (Å²) in [4.78, 5) is 15.2. The Hall–Kier alpha value is -2.45. The first-order chi connectivity index (χ1) is 14.4. The number of hydrogen-bond donors (Lipinski definition) is 1. The van der Waals surface area contributed by atoms with Crippen molar-refractivity contribution in [2.24, 2.45) is 10.8 Å². The second-order valence-corrected chi connectivity index (χ2v) is 10.5. The summed E-state index contributed by atoms with van der Waals surface area (Å²) in [5.74, 6) is 0.329. The molecule has 1 amide bonds. The number of fused-ring (bicyclic) bond motifs is 3. The molecule has 4 atom stereocenters. The van der Waals surface area contributed by atoms with E-state index in [0.29, 0.717) is 12.3 Å². The highest BCUT2D eigenvalue weighted by molar-refractivity contribution is 5.93. The van der Waals surface area contributed by atoms with Crippen molar-refractivity contribution in [2.75, 3.05) is 11.9 Å². The van der Waals surface area contributed by atoms with E-state index in [-0.39, 0.29) is 40.7 Å². The van der Waals surface area contributed by atoms with Crippen LogP contribution in [0.2, 0.25) is 0 Å². The quantitative estimate of drug-likeness (QED) is 0.705. The molecular formula is C22H27F3N4O2. The SMILES string of the molecule is CC1(C)C[C@H]2C[C@@](C)(CN2C(=O)c2cc3n(n2)[C@H](C(F)(F)F)C[C@H](c2ccco2)N3)C1. The number of amides is 1. The lowest BCUT2D eigenvalue weighted by atomic mass is 9.65. The maximum absolute atomic E-state index is 13.8. The summed E-state index contributed by atoms with van der Waals surface area (Å²) in [5.41, 5.74) is 0.239. The molecule has 1 saturated heterocycles. The highest BCUT2D eigenvalue weighted by Gasteiger charge is 2.52. The third kappa shape index (κ3) is 3.51. The van der Waals surface area contributed by atoms with Crippen molar-refractivity contribution in [3.63, 3.8) is 0 Å². The minimum Gasteiger partial charge on any atom is -0.467 e. The molecule has 2 aromatic heterocycles. The van der Waals surface area contributed by atoms with Gasteiger partial charge in [-0.1, -0.05) is 20.8 Å². The maximum Gasteiger partial charge on any atom is 0.410 e. The summed E-state index contributed by atoms with van der Waals surface area (Å²) in [6.07, 6.45) is -0.449. The molecule has 9 heteroatoms. The van der Waals surface area contributed by atoms with Gasteiger partial charge >= 0.3 is 6.18 Å². The molecule has 1 N–H and O–H groups in total. The number of alkyl halides is 3. The van der Waals surface area contributed by atoms with Gasteiger partial charge in [-0.25, -0.2) is 4.68 Å². The molecule has 31 heavy (non-hydrogen) atoms. The van der Waals surface area contributed by atoms with Crippen LogP contribution in [0.4, 0.5) is 19.0 Å². The number of hydrogen-bond acceptors (Lipinski definition) is 4. The Morgan fingerprint density at radius 2 is 2.06 bits per heavy atom. The number of carbonyl (C=O) groups excluding carboxylic acids is 1. The van der Waals surface area contributed by atoms with E-state index in [4.69, 9.17) is 4.42 Å². The number of nitrogens with one attached hydrogen (secondary N) is 1. The van der Waals surface area contributed by atoms with E-state index in [1.165, 1.54) is 12.3 Å². The van der Waals surface area contributed by atoms with Crippen molar-refractivity contribution in [1.82, 2.24) is 14.7 Å². The van der Waals surface area contributed by atoms with Crippen molar-refractivity contribution >= 4 is 11.7 Å². The first-order valence-electron chi connectivity index (χ1n) is 10.7. The predicted octanol–water partition coefficient (Wildman–Crippen LogP) is 5.18. The van der Waals surface area contributed by atoms with Crippen LogP contribution < -0.4 is 5.32 Å². The molecule has 0 spiro atoms. The summed E-state index contributed by atoms with van der Waals surface area (Å²) in [5, 5.41) is 7.21. The number of rotatable bonds is 2. The van der Waals surface area contributed by atoms with E-state index in [9.17, 15) is 18.0 Å². The Morgan fingerprint density at radius 3 is 2.74 bits per heavy atom. The standard InChI is InChI=1S/C22H27F3N4O2/c1-20(2)9-13-10-21(3,11-20)12-28(13)19(30)15-8-18-26-14(16-5-4-6-31-16)7-17(22(23,24)25)29(18)27-15/h4-6,8,13-14,17,26H,7,9-12H2,1-3H3/t13-,14+,17-,21+/m0/s1. The third-order valence-electron chi connectivity index (χ3n) is 6.97. The molecule has 2 bridgehead atoms. The van der Waals surface area contributed by atoms with Gasteiger partial charge in [0.05, 0.1) is 12.3 Å². The van der Waals surface area contributed by atoms with Gasteiger partial charge in [0, 0.05) is 25.1 Å². The number of halogens is 3. The van der Waals surface area contributed by atoms with Gasteiger partial charge in [0.15, 0.2) is 11.7 Å². The Morgan fingerprint density at radius 1 is 1.29 bits per heavy atom. The molecular weight excluding hydrogens is 409 g/mol. The van der Waals surface area contributed by atoms with Crippen molar-refractivity contribution in [2.45, 2.75) is 70.8 Å². The van der Waals surface area contributed by atoms with Crippen LogP contribution in [0, 0.1) is 10.8 Å². The topological polar surface area (TPSA) is 63.3 Å². The largest absolute Gasteiger partial charge is 0.467 e. The number of nitrogens with zero attached hydrogens (tertiary/aromatic N) is 3. The lowest BCUT2D eigenvalue weighted by Crippen LogP contribution is -2.38. The van der Waals surface area contributed by atoms with Gasteiger partial charge in [-0.3, -0.25) is 4.79 Å². The summed E-state index contributed by atoms with van der Waals surface area (Å²) < 4.78 is 47.8. The van der Waals surface area contributed by atoms with Gasteiger partial charge in [0.2, 0.25) is 0 Å². The van der Waals surface area contributed by atoms with Crippen LogP contribution in [0.1, 0.15) is 74.8 Å². The van der Waals surface area contributed by atoms with Gasteiger partial charge in [-0.05, 0) is 42.2 Å². The Labute approximate surface area is 178 Å². The fourth-order valence-electron chi connectivity index (χ4n) is 6.20. The number of aromatic nitrogens is 2. The highest BCUT2D eigenvalue weighted by Crippen LogP contribution is 2.53. The van der Waals surface area contributed by atoms with Crippen LogP contribution in [0.15, 0.2) is 28.9 Å². The van der Waals surface area contributed by atoms with Gasteiger partial charge < -0.3 is 14.6 Å². The molecule has 2 fully saturated rings. The fraction of sp³-hybridized carbons (Fsp3) is 0.636. The second-order valence-electron chi connectivity index (χ2n) is 10.5. The highest BCUT2D eigenvalue weighted by atomic mass is 19.4. The summed E-state index contributed by atoms with van der Waals surface area (Å²) in [7, 11) is 0. The van der Waals surface area contributed by atoms with E-state index < -0.39 is 18.3 Å². The number of anilines is 1. The average molecular weight is 436 g/mol. The van der Waals surface area contributed by atoms with Gasteiger partial charge in [-0.2, -0.15) is 18.3 Å². The molecule has 1 aliphatic carbocycles. The molecule has 168 valence electrons. The molecule has 2 aromatic rings. The Kier molecular flexibility index (Phi) is 4.31. The summed E-state index contributed by atoms with van der Waals surface area (Å²) >= 11 is 0. The van der Waals surface area contributed by atoms with Crippen LogP contribution in [0.3, 0.4) is 0 Å². The minimum absolute atomic E-state index is 0.0402. The minimum atomic E-state index is -4.49. The smallest absolute Gasteiger partial charge is 0.410 e. The van der Waals surface area contributed by atoms with Gasteiger partial charge in [0.1, 0.15) is 11.6 Å². The van der Waals surface area contributed by atoms with E-state index in [0.717, 1.165) is 23.9 Å². The molecule has 3 aliphatic rings. The fourth-order valence-corrected chi connectivity index (χ4v) is 6.20. The van der Waals surface area contributed by atoms with E-state index in [1.807, 2.05) is 4.90 Å². The average Bonchev–Trinajstić information content (AvgIpc) is 3.35. The van der Waals surface area contributed by atoms with Crippen LogP contribution in [0.25, 0.3) is 0 Å². The van der Waals surface area contributed by atoms with Crippen molar-refractivity contribution < 1.29 is 22.4 Å². The molecule has 5 rings (SSSR count). The lowest BCUT2D eigenvalue weighted by Gasteiger charge is -2.39. The molecule has 4 heterocycles. The zero-order valence-corrected chi connectivity index (χ0v) is 17.9. The number of likely N-dealkylation sites (tertiary alicyclic amines) is 1. The summed E-state index contributed by atoms with van der Waals surface area (Å²) in [6.45, 7) is 7.25. The first kappa shape index (κ1) is 20.5. The van der Waals surface area contributed by atoms with Crippen molar-refractivity contribution in [3.05, 3.63) is 35.9 Å². The molecule has 1 saturated carbocycles. The van der Waals surface area contributed by atoms with Crippen LogP contribution in [-0.4, -0.2) is 39.4 Å². The first-order valence-corrected chi connectivity index (χ1v) is 10.7. The molecule has 2 aliphatic heterocycles. The normalized spacial score (nSPS) is 31.9. The van der Waals surface area contributed by atoms with E-state index >= 15 is 0 Å². The zero-order valence-electron chi connectivity index (χ0n) is 17.9. The Balaban J connectivity index is 1.46. The lowest BCUT2D eigenvalue weighted by molar-refractivity contribution is -0.174. The van der Waals surface area contributed by atoms with Gasteiger partial charge in [0.25, 0.3) is 5.91 Å². The molecule has 0 unspecified atom stereocenters. The predicted molar refractivity (Wildman–Crippen MR) is 108 cm³/mol. The van der Waals surface area contributed by atoms with Crippen LogP contribution >= 0.6 is 0 Å². The number of furan rings is 1. The Bertz CT molecular complexity index is 997. The third-order valence-corrected chi connectivity index (χ3v) is 6.97. The number of carbonyl (C=O) groups is 1. The summed E-state index contributed by atoms with van der Waals surface area (Å²) in [6, 6.07) is 2.38. The van der Waals surface area contributed by atoms with E-state index in [2.05, 4.69) is 31.2 Å². The maximum atomic E-state index is 13.8. The van der Waals surface area contributed by atoms with E-state index in [1.54, 1.807) is 12.1 Å². The zero-order chi connectivity index (χ0) is 22.2. The van der Waals surface area contributed by atoms with Crippen LogP contribution in [0.5, 0.6) is 0 Å².